The predicted molar refractivity (Wildman–Crippen MR) is 104 cm³/mol. The highest BCUT2D eigenvalue weighted by molar-refractivity contribution is 7.91. The summed E-state index contributed by atoms with van der Waals surface area (Å²) in [4.78, 5) is 16.5. The predicted octanol–water partition coefficient (Wildman–Crippen LogP) is 3.57. The summed E-state index contributed by atoms with van der Waals surface area (Å²) in [6.07, 6.45) is 0. The summed E-state index contributed by atoms with van der Waals surface area (Å²) in [7, 11) is -3.21. The average molecular weight is 391 g/mol. The smallest absolute Gasteiger partial charge is 0.288 e. The first kappa shape index (κ1) is 17.4. The van der Waals surface area contributed by atoms with Crippen molar-refractivity contribution >= 4 is 38.8 Å². The minimum atomic E-state index is -3.21. The molecular weight excluding hydrogens is 372 g/mol. The Morgan fingerprint density at radius 2 is 1.58 bits per heavy atom. The fourth-order valence-corrected chi connectivity index (χ4v) is 5.91. The van der Waals surface area contributed by atoms with Gasteiger partial charge in [-0.2, -0.15) is 0 Å². The maximum absolute atomic E-state index is 13.3. The number of benzene rings is 2. The number of hydrogen-bond donors (Lipinski definition) is 0. The van der Waals surface area contributed by atoms with E-state index < -0.39 is 21.9 Å². The number of carbonyl (C=O) groups excluding carboxylic acids is 1. The number of anilines is 2. The zero-order valence-corrected chi connectivity index (χ0v) is 16.1. The molecule has 7 heteroatoms. The van der Waals surface area contributed by atoms with E-state index in [0.717, 1.165) is 16.8 Å². The van der Waals surface area contributed by atoms with E-state index >= 15 is 0 Å². The quantitative estimate of drug-likeness (QED) is 0.736. The van der Waals surface area contributed by atoms with E-state index in [2.05, 4.69) is 0 Å². The molecule has 0 N–H and O–H groups in total. The van der Waals surface area contributed by atoms with E-state index in [1.165, 1.54) is 0 Å². The lowest BCUT2D eigenvalue weighted by Crippen LogP contribution is -2.38. The maximum Gasteiger partial charge on any atom is 0.329 e. The van der Waals surface area contributed by atoms with E-state index in [-0.39, 0.29) is 17.5 Å². The molecule has 2 aliphatic heterocycles. The van der Waals surface area contributed by atoms with Gasteiger partial charge in [-0.25, -0.2) is 13.2 Å². The van der Waals surface area contributed by atoms with E-state index in [0.29, 0.717) is 10.7 Å². The van der Waals surface area contributed by atoms with Gasteiger partial charge in [0.05, 0.1) is 23.6 Å². The molecule has 2 aromatic carbocycles. The number of urea groups is 1. The van der Waals surface area contributed by atoms with Gasteiger partial charge in [0.2, 0.25) is 0 Å². The van der Waals surface area contributed by atoms with Gasteiger partial charge in [0.1, 0.15) is 0 Å². The number of rotatable bonds is 2. The highest BCUT2D eigenvalue weighted by Crippen LogP contribution is 2.39. The third kappa shape index (κ3) is 2.77. The van der Waals surface area contributed by atoms with Crippen molar-refractivity contribution in [3.05, 3.63) is 58.6 Å². The molecule has 0 aliphatic carbocycles. The lowest BCUT2D eigenvalue weighted by Gasteiger charge is -2.23. The second-order valence-corrected chi connectivity index (χ2v) is 9.57. The molecule has 2 heterocycles. The Balaban J connectivity index is 1.82. The van der Waals surface area contributed by atoms with Crippen LogP contribution < -0.4 is 9.80 Å². The van der Waals surface area contributed by atoms with Crippen molar-refractivity contribution in [2.75, 3.05) is 21.3 Å². The Hall–Kier alpha value is -2.05. The molecule has 2 amide bonds. The SMILES string of the molecule is Cc1cccc(N2C(=O)N(c3ccc(C)c(Cl)c3)[C@@H]3CS(=O)(=O)C[C@@H]32)c1. The average Bonchev–Trinajstić information content (AvgIpc) is 2.99. The molecule has 136 valence electrons. The van der Waals surface area contributed by atoms with Crippen molar-refractivity contribution in [1.29, 1.82) is 0 Å². The van der Waals surface area contributed by atoms with Crippen molar-refractivity contribution in [1.82, 2.24) is 0 Å². The summed E-state index contributed by atoms with van der Waals surface area (Å²) in [6.45, 7) is 3.84. The fourth-order valence-electron chi connectivity index (χ4n) is 3.82. The van der Waals surface area contributed by atoms with Crippen molar-refractivity contribution in [2.24, 2.45) is 0 Å². The van der Waals surface area contributed by atoms with Crippen LogP contribution in [0.25, 0.3) is 0 Å². The lowest BCUT2D eigenvalue weighted by molar-refractivity contribution is 0.255. The van der Waals surface area contributed by atoms with Crippen LogP contribution in [0.2, 0.25) is 5.02 Å². The summed E-state index contributed by atoms with van der Waals surface area (Å²) in [6, 6.07) is 12.0. The van der Waals surface area contributed by atoms with Crippen LogP contribution in [0.3, 0.4) is 0 Å². The first-order valence-corrected chi connectivity index (χ1v) is 10.6. The van der Waals surface area contributed by atoms with Gasteiger partial charge in [0, 0.05) is 16.4 Å². The van der Waals surface area contributed by atoms with Gasteiger partial charge in [-0.15, -0.1) is 0 Å². The first-order valence-electron chi connectivity index (χ1n) is 8.42. The normalized spacial score (nSPS) is 24.2. The largest absolute Gasteiger partial charge is 0.329 e. The molecule has 2 atom stereocenters. The van der Waals surface area contributed by atoms with Gasteiger partial charge >= 0.3 is 6.03 Å². The molecule has 0 saturated carbocycles. The second kappa shape index (κ2) is 5.99. The fraction of sp³-hybridized carbons (Fsp3) is 0.316. The van der Waals surface area contributed by atoms with Crippen LogP contribution in [0.5, 0.6) is 0 Å². The monoisotopic (exact) mass is 390 g/mol. The summed E-state index contributed by atoms with van der Waals surface area (Å²) in [5.74, 6) is -0.0509. The molecule has 26 heavy (non-hydrogen) atoms. The summed E-state index contributed by atoms with van der Waals surface area (Å²) < 4.78 is 24.6. The van der Waals surface area contributed by atoms with Crippen LogP contribution >= 0.6 is 11.6 Å². The summed E-state index contributed by atoms with van der Waals surface area (Å²) in [5, 5.41) is 0.557. The number of fused-ring (bicyclic) bond motifs is 1. The molecular formula is C19H19ClN2O3S. The van der Waals surface area contributed by atoms with Crippen LogP contribution in [0.15, 0.2) is 42.5 Å². The van der Waals surface area contributed by atoms with Gasteiger partial charge in [0.15, 0.2) is 9.84 Å². The van der Waals surface area contributed by atoms with Gasteiger partial charge in [-0.1, -0.05) is 29.8 Å². The van der Waals surface area contributed by atoms with Gasteiger partial charge in [-0.05, 0) is 49.2 Å². The molecule has 0 unspecified atom stereocenters. The van der Waals surface area contributed by atoms with E-state index in [4.69, 9.17) is 11.6 Å². The second-order valence-electron chi connectivity index (χ2n) is 7.01. The van der Waals surface area contributed by atoms with E-state index in [9.17, 15) is 13.2 Å². The topological polar surface area (TPSA) is 57.7 Å². The van der Waals surface area contributed by atoms with E-state index in [1.54, 1.807) is 15.9 Å². The highest BCUT2D eigenvalue weighted by Gasteiger charge is 2.54. The molecule has 0 bridgehead atoms. The van der Waals surface area contributed by atoms with Gasteiger partial charge < -0.3 is 0 Å². The molecule has 2 aliphatic rings. The number of amides is 2. The highest BCUT2D eigenvalue weighted by atomic mass is 35.5. The van der Waals surface area contributed by atoms with Crippen molar-refractivity contribution < 1.29 is 13.2 Å². The standard InChI is InChI=1S/C19H19ClN2O3S/c1-12-4-3-5-14(8-12)21-17-10-26(24,25)11-18(17)22(19(21)23)15-7-6-13(2)16(20)9-15/h3-9,17-18H,10-11H2,1-2H3/t17-,18+/m0/s1. The molecule has 0 aromatic heterocycles. The summed E-state index contributed by atoms with van der Waals surface area (Å²) >= 11 is 6.24. The molecule has 2 fully saturated rings. The number of hydrogen-bond acceptors (Lipinski definition) is 3. The minimum Gasteiger partial charge on any atom is -0.288 e. The zero-order chi connectivity index (χ0) is 18.6. The Kier molecular flexibility index (Phi) is 4.00. The van der Waals surface area contributed by atoms with Crippen LogP contribution in [0, 0.1) is 13.8 Å². The van der Waals surface area contributed by atoms with Crippen LogP contribution in [-0.2, 0) is 9.84 Å². The lowest BCUT2D eigenvalue weighted by atomic mass is 10.1. The minimum absolute atomic E-state index is 0.0204. The zero-order valence-electron chi connectivity index (χ0n) is 14.5. The first-order chi connectivity index (χ1) is 12.3. The number of aryl methyl sites for hydroxylation is 2. The molecule has 0 spiro atoms. The Labute approximate surface area is 158 Å². The van der Waals surface area contributed by atoms with Gasteiger partial charge in [-0.3, -0.25) is 9.80 Å². The van der Waals surface area contributed by atoms with Crippen LogP contribution in [0.4, 0.5) is 16.2 Å². The molecule has 5 nitrogen and oxygen atoms in total. The molecule has 2 saturated heterocycles. The third-order valence-electron chi connectivity index (χ3n) is 5.08. The Morgan fingerprint density at radius 1 is 0.962 bits per heavy atom. The molecule has 4 rings (SSSR count). The van der Waals surface area contributed by atoms with E-state index in [1.807, 2.05) is 50.2 Å². The van der Waals surface area contributed by atoms with Crippen molar-refractivity contribution in [3.63, 3.8) is 0 Å². The summed E-state index contributed by atoms with van der Waals surface area (Å²) in [5.41, 5.74) is 3.29. The molecule has 2 aromatic rings. The Bertz CT molecular complexity index is 1010. The van der Waals surface area contributed by atoms with Gasteiger partial charge in [0.25, 0.3) is 0 Å². The number of nitrogens with zero attached hydrogens (tertiary/aromatic N) is 2. The van der Waals surface area contributed by atoms with Crippen molar-refractivity contribution in [3.8, 4) is 0 Å². The van der Waals surface area contributed by atoms with Crippen LogP contribution in [0.1, 0.15) is 11.1 Å². The number of sulfone groups is 1. The number of carbonyl (C=O) groups is 1. The van der Waals surface area contributed by atoms with Crippen LogP contribution in [-0.4, -0.2) is 38.0 Å². The van der Waals surface area contributed by atoms with Crippen molar-refractivity contribution in [2.45, 2.75) is 25.9 Å². The maximum atomic E-state index is 13.3. The number of halogens is 1. The Morgan fingerprint density at radius 3 is 2.15 bits per heavy atom. The molecule has 0 radical (unpaired) electrons. The third-order valence-corrected chi connectivity index (χ3v) is 7.19.